The highest BCUT2D eigenvalue weighted by molar-refractivity contribution is 5.98. The summed E-state index contributed by atoms with van der Waals surface area (Å²) in [5.74, 6) is -2.31. The smallest absolute Gasteiger partial charge is 0.313 e. The Morgan fingerprint density at radius 1 is 0.941 bits per heavy atom. The molecule has 0 aromatic carbocycles. The maximum Gasteiger partial charge on any atom is 0.313 e. The monoisotopic (exact) mass is 244 g/mol. The fourth-order valence-corrected chi connectivity index (χ4v) is 0.894. The molecule has 6 heteroatoms. The van der Waals surface area contributed by atoms with E-state index in [4.69, 9.17) is 0 Å². The summed E-state index contributed by atoms with van der Waals surface area (Å²) in [7, 11) is 0. The first-order valence-electron chi connectivity index (χ1n) is 5.28. The van der Waals surface area contributed by atoms with Gasteiger partial charge in [-0.1, -0.05) is 6.92 Å². The lowest BCUT2D eigenvalue weighted by Crippen LogP contribution is -2.19. The summed E-state index contributed by atoms with van der Waals surface area (Å²) >= 11 is 0. The first-order chi connectivity index (χ1) is 7.95. The Labute approximate surface area is 99.3 Å². The van der Waals surface area contributed by atoms with Gasteiger partial charge in [0.25, 0.3) is 0 Å². The quantitative estimate of drug-likeness (QED) is 0.454. The predicted octanol–water partition coefficient (Wildman–Crippen LogP) is 0.421. The Kier molecular flexibility index (Phi) is 7.58. The SMILES string of the molecule is CCCOC(=O)CC(=O)COC(=O)CC(C)=O. The number of rotatable bonds is 8. The average Bonchev–Trinajstić information content (AvgIpc) is 2.22. The number of Topliss-reactive ketones (excluding diaryl/α,β-unsaturated/α-hetero) is 2. The maximum absolute atomic E-state index is 11.1. The molecule has 0 atom stereocenters. The summed E-state index contributed by atoms with van der Waals surface area (Å²) in [6, 6.07) is 0. The zero-order valence-corrected chi connectivity index (χ0v) is 9.99. The molecule has 0 saturated heterocycles. The molecule has 0 radical (unpaired) electrons. The third kappa shape index (κ3) is 9.22. The lowest BCUT2D eigenvalue weighted by Gasteiger charge is -2.03. The van der Waals surface area contributed by atoms with Crippen molar-refractivity contribution < 1.29 is 28.7 Å². The second-order valence-corrected chi connectivity index (χ2v) is 3.48. The minimum absolute atomic E-state index is 0.260. The van der Waals surface area contributed by atoms with Crippen LogP contribution in [-0.2, 0) is 28.7 Å². The van der Waals surface area contributed by atoms with E-state index >= 15 is 0 Å². The second-order valence-electron chi connectivity index (χ2n) is 3.48. The van der Waals surface area contributed by atoms with Crippen LogP contribution in [0.5, 0.6) is 0 Å². The van der Waals surface area contributed by atoms with E-state index in [0.29, 0.717) is 6.42 Å². The van der Waals surface area contributed by atoms with E-state index in [9.17, 15) is 19.2 Å². The van der Waals surface area contributed by atoms with Crippen molar-refractivity contribution in [1.29, 1.82) is 0 Å². The number of esters is 2. The largest absolute Gasteiger partial charge is 0.465 e. The number of hydrogen-bond acceptors (Lipinski definition) is 6. The molecule has 0 rings (SSSR count). The topological polar surface area (TPSA) is 86.7 Å². The molecule has 0 saturated carbocycles. The Morgan fingerprint density at radius 3 is 2.06 bits per heavy atom. The van der Waals surface area contributed by atoms with Crippen molar-refractivity contribution in [3.05, 3.63) is 0 Å². The van der Waals surface area contributed by atoms with Crippen molar-refractivity contribution in [3.8, 4) is 0 Å². The van der Waals surface area contributed by atoms with Crippen molar-refractivity contribution >= 4 is 23.5 Å². The van der Waals surface area contributed by atoms with Crippen LogP contribution in [0, 0.1) is 0 Å². The molecule has 0 fully saturated rings. The van der Waals surface area contributed by atoms with E-state index in [1.54, 1.807) is 0 Å². The van der Waals surface area contributed by atoms with Crippen molar-refractivity contribution in [3.63, 3.8) is 0 Å². The van der Waals surface area contributed by atoms with E-state index in [0.717, 1.165) is 0 Å². The summed E-state index contributed by atoms with van der Waals surface area (Å²) in [6.07, 6.45) is -0.117. The highest BCUT2D eigenvalue weighted by Crippen LogP contribution is 1.94. The lowest BCUT2D eigenvalue weighted by molar-refractivity contribution is -0.153. The van der Waals surface area contributed by atoms with Crippen molar-refractivity contribution in [1.82, 2.24) is 0 Å². The maximum atomic E-state index is 11.1. The van der Waals surface area contributed by atoms with Gasteiger partial charge in [0, 0.05) is 0 Å². The van der Waals surface area contributed by atoms with Gasteiger partial charge in [0.15, 0.2) is 12.4 Å². The molecule has 0 bridgehead atoms. The summed E-state index contributed by atoms with van der Waals surface area (Å²) in [4.78, 5) is 43.6. The molecule has 0 aliphatic rings. The van der Waals surface area contributed by atoms with E-state index in [2.05, 4.69) is 9.47 Å². The van der Waals surface area contributed by atoms with Gasteiger partial charge in [-0.3, -0.25) is 19.2 Å². The van der Waals surface area contributed by atoms with E-state index in [-0.39, 0.29) is 18.8 Å². The molecule has 0 spiro atoms. The average molecular weight is 244 g/mol. The van der Waals surface area contributed by atoms with E-state index < -0.39 is 30.7 Å². The lowest BCUT2D eigenvalue weighted by atomic mass is 10.3. The molecule has 0 aliphatic carbocycles. The molecule has 17 heavy (non-hydrogen) atoms. The third-order valence-corrected chi connectivity index (χ3v) is 1.60. The third-order valence-electron chi connectivity index (χ3n) is 1.60. The molecule has 0 heterocycles. The Bertz CT molecular complexity index is 307. The first kappa shape index (κ1) is 15.3. The van der Waals surface area contributed by atoms with Gasteiger partial charge in [-0.05, 0) is 13.3 Å². The summed E-state index contributed by atoms with van der Waals surface area (Å²) < 4.78 is 9.18. The molecule has 0 unspecified atom stereocenters. The van der Waals surface area contributed by atoms with Crippen LogP contribution in [0.25, 0.3) is 0 Å². The molecule has 6 nitrogen and oxygen atoms in total. The minimum atomic E-state index is -0.771. The number of ketones is 2. The highest BCUT2D eigenvalue weighted by atomic mass is 16.5. The number of carbonyl (C=O) groups excluding carboxylic acids is 4. The van der Waals surface area contributed by atoms with Gasteiger partial charge in [-0.2, -0.15) is 0 Å². The van der Waals surface area contributed by atoms with Crippen molar-refractivity contribution in [2.45, 2.75) is 33.1 Å². The summed E-state index contributed by atoms with van der Waals surface area (Å²) in [6.45, 7) is 2.83. The summed E-state index contributed by atoms with van der Waals surface area (Å²) in [5, 5.41) is 0. The van der Waals surface area contributed by atoms with Gasteiger partial charge < -0.3 is 9.47 Å². The normalized spacial score (nSPS) is 9.53. The van der Waals surface area contributed by atoms with Gasteiger partial charge in [0.2, 0.25) is 0 Å². The fraction of sp³-hybridized carbons (Fsp3) is 0.636. The zero-order valence-electron chi connectivity index (χ0n) is 9.99. The van der Waals surface area contributed by atoms with Crippen LogP contribution in [0.4, 0.5) is 0 Å². The summed E-state index contributed by atoms with van der Waals surface area (Å²) in [5.41, 5.74) is 0. The molecule has 0 aliphatic heterocycles. The molecule has 0 amide bonds. The van der Waals surface area contributed by atoms with Gasteiger partial charge in [0.05, 0.1) is 6.61 Å². The van der Waals surface area contributed by atoms with E-state index in [1.165, 1.54) is 6.92 Å². The van der Waals surface area contributed by atoms with Gasteiger partial charge in [-0.15, -0.1) is 0 Å². The molecule has 96 valence electrons. The van der Waals surface area contributed by atoms with Crippen molar-refractivity contribution in [2.75, 3.05) is 13.2 Å². The van der Waals surface area contributed by atoms with Crippen LogP contribution in [-0.4, -0.2) is 36.7 Å². The van der Waals surface area contributed by atoms with Gasteiger partial charge in [-0.25, -0.2) is 0 Å². The van der Waals surface area contributed by atoms with E-state index in [1.807, 2.05) is 6.92 Å². The second kappa shape index (κ2) is 8.43. The van der Waals surface area contributed by atoms with Crippen LogP contribution < -0.4 is 0 Å². The number of hydrogen-bond donors (Lipinski definition) is 0. The van der Waals surface area contributed by atoms with Crippen LogP contribution in [0.2, 0.25) is 0 Å². The first-order valence-corrected chi connectivity index (χ1v) is 5.28. The minimum Gasteiger partial charge on any atom is -0.465 e. The molecular formula is C11H16O6. The predicted molar refractivity (Wildman–Crippen MR) is 57.1 cm³/mol. The van der Waals surface area contributed by atoms with Crippen LogP contribution >= 0.6 is 0 Å². The van der Waals surface area contributed by atoms with Crippen LogP contribution in [0.3, 0.4) is 0 Å². The standard InChI is InChI=1S/C11H16O6/c1-3-4-16-11(15)6-9(13)7-17-10(14)5-8(2)12/h3-7H2,1-2H3. The highest BCUT2D eigenvalue weighted by Gasteiger charge is 2.13. The Hall–Kier alpha value is -1.72. The molecule has 0 aromatic heterocycles. The van der Waals surface area contributed by atoms with Crippen LogP contribution in [0.1, 0.15) is 33.1 Å². The number of ether oxygens (including phenoxy) is 2. The van der Waals surface area contributed by atoms with Crippen LogP contribution in [0.15, 0.2) is 0 Å². The molecule has 0 aromatic rings. The number of carbonyl (C=O) groups is 4. The van der Waals surface area contributed by atoms with Gasteiger partial charge >= 0.3 is 11.9 Å². The Balaban J connectivity index is 3.76. The molecular weight excluding hydrogens is 228 g/mol. The zero-order chi connectivity index (χ0) is 13.3. The Morgan fingerprint density at radius 2 is 1.53 bits per heavy atom. The molecule has 0 N–H and O–H groups in total. The van der Waals surface area contributed by atoms with Gasteiger partial charge in [0.1, 0.15) is 18.6 Å². The van der Waals surface area contributed by atoms with Crippen molar-refractivity contribution in [2.24, 2.45) is 0 Å². The fourth-order valence-electron chi connectivity index (χ4n) is 0.894.